The third-order valence-electron chi connectivity index (χ3n) is 3.23. The number of aliphatic hydroxyl groups excluding tert-OH is 1. The van der Waals surface area contributed by atoms with E-state index >= 15 is 0 Å². The maximum Gasteiger partial charge on any atom is 0.0626 e. The summed E-state index contributed by atoms with van der Waals surface area (Å²) in [5.74, 6) is 0. The minimum atomic E-state index is -0.108. The van der Waals surface area contributed by atoms with Crippen LogP contribution in [-0.4, -0.2) is 16.7 Å². The van der Waals surface area contributed by atoms with Gasteiger partial charge in [0.25, 0.3) is 0 Å². The molecular formula is C17H20N2O. The molecule has 0 amide bonds. The number of nitrogens with one attached hydrogen (secondary N) is 1. The number of aromatic nitrogens is 1. The van der Waals surface area contributed by atoms with Crippen molar-refractivity contribution >= 4 is 0 Å². The first kappa shape index (κ1) is 14.4. The van der Waals surface area contributed by atoms with Gasteiger partial charge in [0.1, 0.15) is 0 Å². The predicted molar refractivity (Wildman–Crippen MR) is 81.2 cm³/mol. The van der Waals surface area contributed by atoms with Crippen LogP contribution >= 0.6 is 0 Å². The van der Waals surface area contributed by atoms with E-state index in [0.29, 0.717) is 0 Å². The molecule has 2 rings (SSSR count). The Morgan fingerprint density at radius 3 is 2.45 bits per heavy atom. The highest BCUT2D eigenvalue weighted by atomic mass is 16.3. The molecule has 0 unspecified atom stereocenters. The van der Waals surface area contributed by atoms with Gasteiger partial charge < -0.3 is 5.11 Å². The van der Waals surface area contributed by atoms with Gasteiger partial charge in [-0.1, -0.05) is 42.5 Å². The second kappa shape index (κ2) is 7.58. The lowest BCUT2D eigenvalue weighted by atomic mass is 10.0. The highest BCUT2D eigenvalue weighted by molar-refractivity contribution is 5.20. The lowest BCUT2D eigenvalue weighted by Gasteiger charge is -2.24. The van der Waals surface area contributed by atoms with Gasteiger partial charge in [0.2, 0.25) is 0 Å². The second-order valence-electron chi connectivity index (χ2n) is 4.64. The Labute approximate surface area is 120 Å². The van der Waals surface area contributed by atoms with Crippen LogP contribution in [-0.2, 0) is 0 Å². The summed E-state index contributed by atoms with van der Waals surface area (Å²) < 4.78 is 0. The molecule has 0 fully saturated rings. The van der Waals surface area contributed by atoms with E-state index in [0.717, 1.165) is 17.7 Å². The molecule has 0 bridgehead atoms. The van der Waals surface area contributed by atoms with Crippen LogP contribution in [0.15, 0.2) is 67.4 Å². The minimum absolute atomic E-state index is 0.0461. The monoisotopic (exact) mass is 268 g/mol. The normalized spacial score (nSPS) is 13.7. The van der Waals surface area contributed by atoms with Crippen molar-refractivity contribution in [3.63, 3.8) is 0 Å². The molecule has 0 aliphatic rings. The summed E-state index contributed by atoms with van der Waals surface area (Å²) in [5.41, 5.74) is 2.03. The Balaban J connectivity index is 2.16. The Morgan fingerprint density at radius 1 is 1.10 bits per heavy atom. The van der Waals surface area contributed by atoms with E-state index in [1.165, 1.54) is 0 Å². The predicted octanol–water partition coefficient (Wildman–Crippen LogP) is 3.02. The number of benzene rings is 1. The fourth-order valence-corrected chi connectivity index (χ4v) is 2.21. The summed E-state index contributed by atoms with van der Waals surface area (Å²) >= 11 is 0. The third kappa shape index (κ3) is 3.76. The Hall–Kier alpha value is -1.97. The molecule has 2 N–H and O–H groups in total. The number of nitrogens with zero attached hydrogens (tertiary/aromatic N) is 1. The van der Waals surface area contributed by atoms with Gasteiger partial charge in [0, 0.05) is 6.20 Å². The molecule has 3 nitrogen and oxygen atoms in total. The van der Waals surface area contributed by atoms with Crippen LogP contribution in [0.4, 0.5) is 0 Å². The Morgan fingerprint density at radius 2 is 1.85 bits per heavy atom. The lowest BCUT2D eigenvalue weighted by Crippen LogP contribution is -2.29. The van der Waals surface area contributed by atoms with Crippen molar-refractivity contribution in [3.8, 4) is 0 Å². The van der Waals surface area contributed by atoms with Gasteiger partial charge in [-0.15, -0.1) is 6.58 Å². The summed E-state index contributed by atoms with van der Waals surface area (Å²) in [6.45, 7) is 3.85. The summed E-state index contributed by atoms with van der Waals surface area (Å²) in [6, 6.07) is 15.7. The average Bonchev–Trinajstić information content (AvgIpc) is 2.53. The zero-order chi connectivity index (χ0) is 14.2. The molecule has 2 atom stereocenters. The SMILES string of the molecule is C=CC[C@H](N[C@H](CO)c1ccccc1)c1ccccn1. The number of hydrogen-bond donors (Lipinski definition) is 2. The largest absolute Gasteiger partial charge is 0.394 e. The van der Waals surface area contributed by atoms with E-state index in [9.17, 15) is 5.11 Å². The second-order valence-corrected chi connectivity index (χ2v) is 4.64. The fraction of sp³-hybridized carbons (Fsp3) is 0.235. The summed E-state index contributed by atoms with van der Waals surface area (Å²) in [5, 5.41) is 13.1. The molecule has 0 aliphatic heterocycles. The lowest BCUT2D eigenvalue weighted by molar-refractivity contribution is 0.232. The zero-order valence-electron chi connectivity index (χ0n) is 11.4. The van der Waals surface area contributed by atoms with Crippen LogP contribution in [0.5, 0.6) is 0 Å². The van der Waals surface area contributed by atoms with Gasteiger partial charge in [-0.25, -0.2) is 0 Å². The summed E-state index contributed by atoms with van der Waals surface area (Å²) in [4.78, 5) is 4.39. The van der Waals surface area contributed by atoms with E-state index in [4.69, 9.17) is 0 Å². The highest BCUT2D eigenvalue weighted by Crippen LogP contribution is 2.21. The van der Waals surface area contributed by atoms with Gasteiger partial charge in [-0.05, 0) is 24.1 Å². The smallest absolute Gasteiger partial charge is 0.0626 e. The van der Waals surface area contributed by atoms with Crippen LogP contribution in [0.1, 0.15) is 29.8 Å². The van der Waals surface area contributed by atoms with Gasteiger partial charge >= 0.3 is 0 Å². The van der Waals surface area contributed by atoms with Crippen LogP contribution < -0.4 is 5.32 Å². The molecular weight excluding hydrogens is 248 g/mol. The molecule has 1 aromatic carbocycles. The molecule has 0 saturated heterocycles. The van der Waals surface area contributed by atoms with Crippen molar-refractivity contribution < 1.29 is 5.11 Å². The molecule has 0 saturated carbocycles. The number of aliphatic hydroxyl groups is 1. The minimum Gasteiger partial charge on any atom is -0.394 e. The molecule has 0 aliphatic carbocycles. The number of hydrogen-bond acceptors (Lipinski definition) is 3. The maximum atomic E-state index is 9.63. The van der Waals surface area contributed by atoms with Crippen molar-refractivity contribution in [2.24, 2.45) is 0 Å². The molecule has 3 heteroatoms. The van der Waals surface area contributed by atoms with E-state index in [1.54, 1.807) is 6.20 Å². The zero-order valence-corrected chi connectivity index (χ0v) is 11.4. The van der Waals surface area contributed by atoms with E-state index in [-0.39, 0.29) is 18.7 Å². The summed E-state index contributed by atoms with van der Waals surface area (Å²) in [6.07, 6.45) is 4.41. The van der Waals surface area contributed by atoms with Gasteiger partial charge in [-0.3, -0.25) is 10.3 Å². The van der Waals surface area contributed by atoms with Crippen molar-refractivity contribution in [1.29, 1.82) is 0 Å². The van der Waals surface area contributed by atoms with Crippen molar-refractivity contribution in [2.45, 2.75) is 18.5 Å². The maximum absolute atomic E-state index is 9.63. The molecule has 0 spiro atoms. The fourth-order valence-electron chi connectivity index (χ4n) is 2.21. The molecule has 2 aromatic rings. The molecule has 0 radical (unpaired) electrons. The van der Waals surface area contributed by atoms with Gasteiger partial charge in [-0.2, -0.15) is 0 Å². The van der Waals surface area contributed by atoms with Crippen molar-refractivity contribution in [1.82, 2.24) is 10.3 Å². The quantitative estimate of drug-likeness (QED) is 0.759. The highest BCUT2D eigenvalue weighted by Gasteiger charge is 2.17. The van der Waals surface area contributed by atoms with Crippen LogP contribution in [0.2, 0.25) is 0 Å². The average molecular weight is 268 g/mol. The first-order valence-corrected chi connectivity index (χ1v) is 6.79. The van der Waals surface area contributed by atoms with E-state index in [1.807, 2.05) is 54.6 Å². The molecule has 1 heterocycles. The Kier molecular flexibility index (Phi) is 5.47. The van der Waals surface area contributed by atoms with Crippen molar-refractivity contribution in [2.75, 3.05) is 6.61 Å². The summed E-state index contributed by atoms with van der Waals surface area (Å²) in [7, 11) is 0. The van der Waals surface area contributed by atoms with Crippen LogP contribution in [0.25, 0.3) is 0 Å². The first-order chi connectivity index (χ1) is 9.85. The first-order valence-electron chi connectivity index (χ1n) is 6.79. The standard InChI is InChI=1S/C17H20N2O/c1-2-8-16(15-11-6-7-12-18-15)19-17(13-20)14-9-4-3-5-10-14/h2-7,9-12,16-17,19-20H,1,8,13H2/t16-,17+/m0/s1. The molecule has 1 aromatic heterocycles. The molecule has 104 valence electrons. The van der Waals surface area contributed by atoms with Crippen LogP contribution in [0, 0.1) is 0 Å². The molecule has 20 heavy (non-hydrogen) atoms. The van der Waals surface area contributed by atoms with Crippen molar-refractivity contribution in [3.05, 3.63) is 78.6 Å². The van der Waals surface area contributed by atoms with E-state index < -0.39 is 0 Å². The van der Waals surface area contributed by atoms with Crippen LogP contribution in [0.3, 0.4) is 0 Å². The number of pyridine rings is 1. The number of rotatable bonds is 7. The van der Waals surface area contributed by atoms with Gasteiger partial charge in [0.15, 0.2) is 0 Å². The van der Waals surface area contributed by atoms with E-state index in [2.05, 4.69) is 16.9 Å². The third-order valence-corrected chi connectivity index (χ3v) is 3.23. The topological polar surface area (TPSA) is 45.1 Å². The van der Waals surface area contributed by atoms with Gasteiger partial charge in [0.05, 0.1) is 24.4 Å². The Bertz CT molecular complexity index is 513.